The van der Waals surface area contributed by atoms with E-state index in [2.05, 4.69) is 23.5 Å². The van der Waals surface area contributed by atoms with Crippen LogP contribution in [0.15, 0.2) is 18.2 Å². The summed E-state index contributed by atoms with van der Waals surface area (Å²) >= 11 is 0. The second-order valence-electron chi connectivity index (χ2n) is 4.78. The molecule has 0 aromatic heterocycles. The number of β-amino-alcohol motifs (C(OH)–C–C–N with tert-alkyl or cyclic N) is 1. The Labute approximate surface area is 105 Å². The van der Waals surface area contributed by atoms with Gasteiger partial charge in [0.05, 0.1) is 6.10 Å². The van der Waals surface area contributed by atoms with Crippen LogP contribution >= 0.6 is 0 Å². The molecule has 1 N–H and O–H groups in total. The number of rotatable bonds is 3. The maximum absolute atomic E-state index is 12.1. The molecule has 1 aliphatic rings. The van der Waals surface area contributed by atoms with Crippen LogP contribution in [0.2, 0.25) is 0 Å². The first-order chi connectivity index (χ1) is 8.47. The van der Waals surface area contributed by atoms with E-state index in [1.54, 1.807) is 6.07 Å². The quantitative estimate of drug-likeness (QED) is 0.903. The van der Waals surface area contributed by atoms with Crippen molar-refractivity contribution in [1.29, 1.82) is 0 Å². The van der Waals surface area contributed by atoms with Crippen LogP contribution in [0.4, 0.5) is 8.78 Å². The van der Waals surface area contributed by atoms with Gasteiger partial charge >= 0.3 is 6.61 Å². The minimum atomic E-state index is -2.84. The Bertz CT molecular complexity index is 423. The topological polar surface area (TPSA) is 32.7 Å². The molecule has 5 heteroatoms. The van der Waals surface area contributed by atoms with Crippen LogP contribution in [-0.2, 0) is 6.54 Å². The van der Waals surface area contributed by atoms with Crippen molar-refractivity contribution in [3.63, 3.8) is 0 Å². The van der Waals surface area contributed by atoms with Gasteiger partial charge in [0.1, 0.15) is 5.75 Å². The lowest BCUT2D eigenvalue weighted by Crippen LogP contribution is -2.38. The van der Waals surface area contributed by atoms with Crippen LogP contribution in [0, 0.1) is 0 Å². The zero-order valence-corrected chi connectivity index (χ0v) is 10.4. The van der Waals surface area contributed by atoms with E-state index in [0.717, 1.165) is 12.1 Å². The average Bonchev–Trinajstić information content (AvgIpc) is 2.28. The second-order valence-corrected chi connectivity index (χ2v) is 4.78. The Morgan fingerprint density at radius 3 is 2.72 bits per heavy atom. The van der Waals surface area contributed by atoms with E-state index >= 15 is 0 Å². The summed E-state index contributed by atoms with van der Waals surface area (Å²) in [7, 11) is 0. The molecule has 100 valence electrons. The fraction of sp³-hybridized carbons (Fsp3) is 0.538. The highest BCUT2D eigenvalue weighted by Gasteiger charge is 2.25. The summed E-state index contributed by atoms with van der Waals surface area (Å²) in [5.74, 6) is 0.0980. The van der Waals surface area contributed by atoms with Crippen molar-refractivity contribution in [3.05, 3.63) is 29.3 Å². The minimum Gasteiger partial charge on any atom is -0.435 e. The number of alkyl halides is 2. The lowest BCUT2D eigenvalue weighted by Gasteiger charge is -2.35. The first-order valence-electron chi connectivity index (χ1n) is 5.97. The fourth-order valence-electron chi connectivity index (χ4n) is 2.20. The maximum atomic E-state index is 12.1. The summed E-state index contributed by atoms with van der Waals surface area (Å²) in [5, 5.41) is 10.1. The Balaban J connectivity index is 2.23. The monoisotopic (exact) mass is 257 g/mol. The molecule has 1 aromatic rings. The molecular formula is C13H17F2NO2. The number of benzene rings is 1. The van der Waals surface area contributed by atoms with Gasteiger partial charge in [-0.25, -0.2) is 0 Å². The molecule has 0 fully saturated rings. The van der Waals surface area contributed by atoms with E-state index < -0.39 is 12.7 Å². The molecule has 0 aliphatic carbocycles. The molecule has 18 heavy (non-hydrogen) atoms. The highest BCUT2D eigenvalue weighted by atomic mass is 19.3. The highest BCUT2D eigenvalue weighted by molar-refractivity contribution is 5.38. The molecule has 1 heterocycles. The second kappa shape index (κ2) is 5.20. The summed E-state index contributed by atoms with van der Waals surface area (Å²) in [6.45, 7) is 2.52. The van der Waals surface area contributed by atoms with Gasteiger partial charge in [-0.1, -0.05) is 6.07 Å². The van der Waals surface area contributed by atoms with Crippen LogP contribution in [0.1, 0.15) is 31.1 Å². The fourth-order valence-corrected chi connectivity index (χ4v) is 2.20. The number of aliphatic hydroxyl groups excluding tert-OH is 1. The van der Waals surface area contributed by atoms with Gasteiger partial charge < -0.3 is 9.84 Å². The number of halogens is 2. The maximum Gasteiger partial charge on any atom is 0.387 e. The van der Waals surface area contributed by atoms with Crippen LogP contribution in [0.5, 0.6) is 5.75 Å². The van der Waals surface area contributed by atoms with Gasteiger partial charge in [0.2, 0.25) is 0 Å². The first-order valence-corrected chi connectivity index (χ1v) is 5.97. The summed E-state index contributed by atoms with van der Waals surface area (Å²) < 4.78 is 28.6. The zero-order valence-electron chi connectivity index (χ0n) is 10.4. The first kappa shape index (κ1) is 13.2. The predicted octanol–water partition coefficient (Wildman–Crippen LogP) is 2.55. The van der Waals surface area contributed by atoms with Gasteiger partial charge in [0.25, 0.3) is 0 Å². The third kappa shape index (κ3) is 2.79. The van der Waals surface area contributed by atoms with Gasteiger partial charge in [0.15, 0.2) is 0 Å². The number of hydrogen-bond donors (Lipinski definition) is 1. The molecule has 1 atom stereocenters. The third-order valence-electron chi connectivity index (χ3n) is 3.21. The van der Waals surface area contributed by atoms with E-state index in [-0.39, 0.29) is 5.75 Å². The number of hydrogen-bond acceptors (Lipinski definition) is 3. The zero-order chi connectivity index (χ0) is 13.3. The van der Waals surface area contributed by atoms with Gasteiger partial charge in [0, 0.05) is 19.1 Å². The van der Waals surface area contributed by atoms with Crippen LogP contribution in [0.25, 0.3) is 0 Å². The van der Waals surface area contributed by atoms with Gasteiger partial charge in [-0.05, 0) is 37.1 Å². The molecule has 0 amide bonds. The standard InChI is InChI=1S/C13H17F2NO2/c1-8(2)16-6-9-3-4-10(18-13(14)15)5-11(9)12(17)7-16/h3-5,8,12-13,17H,6-7H2,1-2H3. The van der Waals surface area contributed by atoms with Crippen molar-refractivity contribution in [2.24, 2.45) is 0 Å². The molecule has 1 aromatic carbocycles. The SMILES string of the molecule is CC(C)N1Cc2ccc(OC(F)F)cc2C(O)C1. The highest BCUT2D eigenvalue weighted by Crippen LogP contribution is 2.31. The summed E-state index contributed by atoms with van der Waals surface area (Å²) in [6, 6.07) is 5.10. The molecule has 0 spiro atoms. The number of fused-ring (bicyclic) bond motifs is 1. The van der Waals surface area contributed by atoms with Crippen molar-refractivity contribution in [3.8, 4) is 5.75 Å². The third-order valence-corrected chi connectivity index (χ3v) is 3.21. The van der Waals surface area contributed by atoms with Crippen LogP contribution in [-0.4, -0.2) is 29.2 Å². The molecule has 0 saturated heterocycles. The average molecular weight is 257 g/mol. The van der Waals surface area contributed by atoms with E-state index in [1.807, 2.05) is 0 Å². The van der Waals surface area contributed by atoms with Gasteiger partial charge in [-0.15, -0.1) is 0 Å². The lowest BCUT2D eigenvalue weighted by molar-refractivity contribution is -0.0501. The van der Waals surface area contributed by atoms with Crippen LogP contribution in [0.3, 0.4) is 0 Å². The largest absolute Gasteiger partial charge is 0.435 e. The molecule has 2 rings (SSSR count). The van der Waals surface area contributed by atoms with Crippen LogP contribution < -0.4 is 4.74 Å². The Hall–Kier alpha value is -1.20. The molecule has 0 saturated carbocycles. The van der Waals surface area contributed by atoms with Gasteiger partial charge in [-0.2, -0.15) is 8.78 Å². The molecule has 0 radical (unpaired) electrons. The molecule has 1 unspecified atom stereocenters. The summed E-state index contributed by atoms with van der Waals surface area (Å²) in [4.78, 5) is 2.14. The van der Waals surface area contributed by atoms with Crippen molar-refractivity contribution in [2.45, 2.75) is 39.1 Å². The normalized spacial score (nSPS) is 20.3. The van der Waals surface area contributed by atoms with E-state index in [4.69, 9.17) is 0 Å². The minimum absolute atomic E-state index is 0.0980. The Morgan fingerprint density at radius 1 is 1.39 bits per heavy atom. The van der Waals surface area contributed by atoms with Crippen molar-refractivity contribution >= 4 is 0 Å². The Kier molecular flexibility index (Phi) is 3.82. The van der Waals surface area contributed by atoms with Crippen molar-refractivity contribution < 1.29 is 18.6 Å². The number of nitrogens with zero attached hydrogens (tertiary/aromatic N) is 1. The summed E-state index contributed by atoms with van der Waals surface area (Å²) in [6.07, 6.45) is -0.655. The molecule has 1 aliphatic heterocycles. The number of aliphatic hydroxyl groups is 1. The molecule has 3 nitrogen and oxygen atoms in total. The van der Waals surface area contributed by atoms with E-state index in [0.29, 0.717) is 18.2 Å². The van der Waals surface area contributed by atoms with Crippen molar-refractivity contribution in [2.75, 3.05) is 6.54 Å². The van der Waals surface area contributed by atoms with E-state index in [1.165, 1.54) is 12.1 Å². The smallest absolute Gasteiger partial charge is 0.387 e. The Morgan fingerprint density at radius 2 is 2.11 bits per heavy atom. The predicted molar refractivity (Wildman–Crippen MR) is 63.6 cm³/mol. The lowest BCUT2D eigenvalue weighted by atomic mass is 9.96. The number of ether oxygens (including phenoxy) is 1. The molecule has 0 bridgehead atoms. The molecular weight excluding hydrogens is 240 g/mol. The van der Waals surface area contributed by atoms with Crippen molar-refractivity contribution in [1.82, 2.24) is 4.90 Å². The summed E-state index contributed by atoms with van der Waals surface area (Å²) in [5.41, 5.74) is 1.65. The van der Waals surface area contributed by atoms with E-state index in [9.17, 15) is 13.9 Å². The van der Waals surface area contributed by atoms with Gasteiger partial charge in [-0.3, -0.25) is 4.90 Å².